The van der Waals surface area contributed by atoms with Crippen LogP contribution in [0, 0.1) is 5.82 Å². The molecule has 0 saturated heterocycles. The van der Waals surface area contributed by atoms with Crippen LogP contribution in [0.4, 0.5) is 4.39 Å². The van der Waals surface area contributed by atoms with Gasteiger partial charge in [0.15, 0.2) is 0 Å². The molecule has 1 aromatic carbocycles. The van der Waals surface area contributed by atoms with Crippen LogP contribution in [-0.4, -0.2) is 27.3 Å². The zero-order valence-electron chi connectivity index (χ0n) is 11.8. The van der Waals surface area contributed by atoms with Crippen molar-refractivity contribution in [1.82, 2.24) is 14.8 Å². The van der Waals surface area contributed by atoms with E-state index in [1.165, 1.54) is 18.3 Å². The molecular weight excluding hydrogens is 285 g/mol. The van der Waals surface area contributed by atoms with Gasteiger partial charge in [0.05, 0.1) is 17.7 Å². The number of fused-ring (bicyclic) bond motifs is 1. The fraction of sp³-hybridized carbons (Fsp3) is 0.188. The van der Waals surface area contributed by atoms with Crippen LogP contribution in [0.25, 0.3) is 10.9 Å². The number of pyridine rings is 1. The summed E-state index contributed by atoms with van der Waals surface area (Å²) in [5, 5.41) is 4.64. The monoisotopic (exact) mass is 299 g/mol. The van der Waals surface area contributed by atoms with Crippen LogP contribution in [-0.2, 0) is 11.3 Å². The van der Waals surface area contributed by atoms with Crippen molar-refractivity contribution in [2.24, 2.45) is 0 Å². The van der Waals surface area contributed by atoms with E-state index in [-0.39, 0.29) is 5.82 Å². The minimum atomic E-state index is -0.459. The highest BCUT2D eigenvalue weighted by atomic mass is 19.1. The molecule has 112 valence electrons. The van der Waals surface area contributed by atoms with Crippen LogP contribution in [0.2, 0.25) is 0 Å². The SMILES string of the molecule is O=C(OCCCn1cccn1)c1cnc2ccc(F)cc2c1. The first-order valence-corrected chi connectivity index (χ1v) is 6.92. The molecule has 2 heterocycles. The van der Waals surface area contributed by atoms with Gasteiger partial charge in [-0.1, -0.05) is 0 Å². The Morgan fingerprint density at radius 2 is 2.23 bits per heavy atom. The van der Waals surface area contributed by atoms with Gasteiger partial charge < -0.3 is 4.74 Å². The van der Waals surface area contributed by atoms with E-state index in [1.807, 2.05) is 12.3 Å². The summed E-state index contributed by atoms with van der Waals surface area (Å²) in [6, 6.07) is 7.68. The molecule has 2 aromatic heterocycles. The molecule has 0 unspecified atom stereocenters. The molecule has 0 amide bonds. The Kier molecular flexibility index (Phi) is 4.09. The van der Waals surface area contributed by atoms with Crippen molar-refractivity contribution in [3.63, 3.8) is 0 Å². The van der Waals surface area contributed by atoms with Gasteiger partial charge in [-0.2, -0.15) is 5.10 Å². The van der Waals surface area contributed by atoms with Crippen molar-refractivity contribution in [2.45, 2.75) is 13.0 Å². The molecule has 0 aliphatic heterocycles. The lowest BCUT2D eigenvalue weighted by atomic mass is 10.1. The van der Waals surface area contributed by atoms with Crippen molar-refractivity contribution in [1.29, 1.82) is 0 Å². The predicted molar refractivity (Wildman–Crippen MR) is 78.8 cm³/mol. The molecule has 0 bridgehead atoms. The van der Waals surface area contributed by atoms with Gasteiger partial charge in [0.25, 0.3) is 0 Å². The van der Waals surface area contributed by atoms with Crippen LogP contribution in [0.5, 0.6) is 0 Å². The zero-order chi connectivity index (χ0) is 15.4. The smallest absolute Gasteiger partial charge is 0.339 e. The van der Waals surface area contributed by atoms with Crippen molar-refractivity contribution in [3.05, 3.63) is 60.3 Å². The second-order valence-corrected chi connectivity index (χ2v) is 4.82. The number of esters is 1. The maximum absolute atomic E-state index is 13.2. The van der Waals surface area contributed by atoms with E-state index < -0.39 is 5.97 Å². The van der Waals surface area contributed by atoms with E-state index in [2.05, 4.69) is 10.1 Å². The number of rotatable bonds is 5. The van der Waals surface area contributed by atoms with Crippen molar-refractivity contribution < 1.29 is 13.9 Å². The summed E-state index contributed by atoms with van der Waals surface area (Å²) in [5.74, 6) is -0.821. The van der Waals surface area contributed by atoms with Crippen LogP contribution < -0.4 is 0 Å². The van der Waals surface area contributed by atoms with E-state index in [0.29, 0.717) is 36.0 Å². The lowest BCUT2D eigenvalue weighted by Crippen LogP contribution is -2.09. The van der Waals surface area contributed by atoms with E-state index in [0.717, 1.165) is 0 Å². The second-order valence-electron chi connectivity index (χ2n) is 4.82. The number of carbonyl (C=O) groups excluding carboxylic acids is 1. The normalized spacial score (nSPS) is 10.8. The van der Waals surface area contributed by atoms with Gasteiger partial charge in [0.2, 0.25) is 0 Å². The summed E-state index contributed by atoms with van der Waals surface area (Å²) in [4.78, 5) is 16.1. The maximum Gasteiger partial charge on any atom is 0.339 e. The Morgan fingerprint density at radius 3 is 3.05 bits per heavy atom. The summed E-state index contributed by atoms with van der Waals surface area (Å²) in [5.41, 5.74) is 0.953. The first-order valence-electron chi connectivity index (χ1n) is 6.92. The Hall–Kier alpha value is -2.76. The predicted octanol–water partition coefficient (Wildman–Crippen LogP) is 2.82. The van der Waals surface area contributed by atoms with Crippen LogP contribution in [0.15, 0.2) is 48.9 Å². The lowest BCUT2D eigenvalue weighted by molar-refractivity contribution is 0.0494. The number of halogens is 1. The molecule has 0 fully saturated rings. The van der Waals surface area contributed by atoms with Crippen molar-refractivity contribution >= 4 is 16.9 Å². The van der Waals surface area contributed by atoms with E-state index >= 15 is 0 Å². The Balaban J connectivity index is 1.59. The van der Waals surface area contributed by atoms with Gasteiger partial charge in [0, 0.05) is 36.9 Å². The van der Waals surface area contributed by atoms with Crippen molar-refractivity contribution in [2.75, 3.05) is 6.61 Å². The third-order valence-electron chi connectivity index (χ3n) is 3.20. The largest absolute Gasteiger partial charge is 0.462 e. The highest BCUT2D eigenvalue weighted by Gasteiger charge is 2.09. The summed E-state index contributed by atoms with van der Waals surface area (Å²) in [6.45, 7) is 0.974. The first-order chi connectivity index (χ1) is 10.7. The molecule has 5 nitrogen and oxygen atoms in total. The molecule has 0 radical (unpaired) electrons. The van der Waals surface area contributed by atoms with Gasteiger partial charge >= 0.3 is 5.97 Å². The summed E-state index contributed by atoms with van der Waals surface area (Å²) in [7, 11) is 0. The first kappa shape index (κ1) is 14.2. The Labute approximate surface area is 126 Å². The third kappa shape index (κ3) is 3.28. The minimum absolute atomic E-state index is 0.292. The second kappa shape index (κ2) is 6.34. The summed E-state index contributed by atoms with van der Waals surface area (Å²) >= 11 is 0. The highest BCUT2D eigenvalue weighted by molar-refractivity contribution is 5.93. The van der Waals surface area contributed by atoms with Gasteiger partial charge in [0.1, 0.15) is 5.82 Å². The summed E-state index contributed by atoms with van der Waals surface area (Å²) < 4.78 is 20.2. The fourth-order valence-corrected chi connectivity index (χ4v) is 2.12. The molecule has 3 rings (SSSR count). The molecule has 6 heteroatoms. The number of aromatic nitrogens is 3. The van der Waals surface area contributed by atoms with Gasteiger partial charge in [-0.05, 0) is 30.3 Å². The Bertz CT molecular complexity index is 787. The number of carbonyl (C=O) groups is 1. The fourth-order valence-electron chi connectivity index (χ4n) is 2.12. The van der Waals surface area contributed by atoms with E-state index in [4.69, 9.17) is 4.74 Å². The van der Waals surface area contributed by atoms with Gasteiger partial charge in [-0.15, -0.1) is 0 Å². The Morgan fingerprint density at radius 1 is 1.32 bits per heavy atom. The van der Waals surface area contributed by atoms with Crippen LogP contribution in [0.1, 0.15) is 16.8 Å². The molecule has 3 aromatic rings. The molecule has 0 spiro atoms. The average molecular weight is 299 g/mol. The third-order valence-corrected chi connectivity index (χ3v) is 3.20. The lowest BCUT2D eigenvalue weighted by Gasteiger charge is -2.06. The number of nitrogens with zero attached hydrogens (tertiary/aromatic N) is 3. The molecule has 0 aliphatic rings. The summed E-state index contributed by atoms with van der Waals surface area (Å²) in [6.07, 6.45) is 5.66. The average Bonchev–Trinajstić information content (AvgIpc) is 3.04. The molecule has 22 heavy (non-hydrogen) atoms. The van der Waals surface area contributed by atoms with Crippen LogP contribution in [0.3, 0.4) is 0 Å². The van der Waals surface area contributed by atoms with Gasteiger partial charge in [-0.3, -0.25) is 9.67 Å². The molecule has 0 aliphatic carbocycles. The molecule has 0 saturated carbocycles. The van der Waals surface area contributed by atoms with Gasteiger partial charge in [-0.25, -0.2) is 9.18 Å². The number of benzene rings is 1. The van der Waals surface area contributed by atoms with E-state index in [9.17, 15) is 9.18 Å². The number of ether oxygens (including phenoxy) is 1. The quantitative estimate of drug-likeness (QED) is 0.537. The van der Waals surface area contributed by atoms with E-state index in [1.54, 1.807) is 23.0 Å². The molecular formula is C16H14FN3O2. The van der Waals surface area contributed by atoms with Crippen molar-refractivity contribution in [3.8, 4) is 0 Å². The molecule has 0 atom stereocenters. The number of hydrogen-bond acceptors (Lipinski definition) is 4. The standard InChI is InChI=1S/C16H14FN3O2/c17-14-3-4-15-12(10-14)9-13(11-18-15)16(21)22-8-2-7-20-6-1-5-19-20/h1,3-6,9-11H,2,7-8H2. The maximum atomic E-state index is 13.2. The minimum Gasteiger partial charge on any atom is -0.462 e. The number of hydrogen-bond donors (Lipinski definition) is 0. The zero-order valence-corrected chi connectivity index (χ0v) is 11.8. The topological polar surface area (TPSA) is 57.0 Å². The highest BCUT2D eigenvalue weighted by Crippen LogP contribution is 2.15. The van der Waals surface area contributed by atoms with Crippen LogP contribution >= 0.6 is 0 Å². The number of aryl methyl sites for hydroxylation is 1. The molecule has 0 N–H and O–H groups in total.